The van der Waals surface area contributed by atoms with Crippen LogP contribution in [0.1, 0.15) is 37.0 Å². The van der Waals surface area contributed by atoms with Gasteiger partial charge in [0, 0.05) is 18.7 Å². The first kappa shape index (κ1) is 12.6. The van der Waals surface area contributed by atoms with Crippen molar-refractivity contribution in [2.75, 3.05) is 11.4 Å². The molecule has 1 atom stereocenters. The largest absolute Gasteiger partial charge is 0.389 e. The van der Waals surface area contributed by atoms with E-state index in [1.807, 2.05) is 18.2 Å². The average molecular weight is 244 g/mol. The predicted molar refractivity (Wildman–Crippen MR) is 68.0 cm³/mol. The van der Waals surface area contributed by atoms with E-state index in [1.165, 1.54) is 0 Å². The van der Waals surface area contributed by atoms with E-state index in [4.69, 9.17) is 5.26 Å². The SMILES string of the molecule is CC(O)c1ccc2c(c1)CC(=O)N2CCCC#N. The molecule has 1 aromatic rings. The average Bonchev–Trinajstić information content (AvgIpc) is 2.65. The second kappa shape index (κ2) is 5.19. The van der Waals surface area contributed by atoms with E-state index in [1.54, 1.807) is 11.8 Å². The molecule has 0 spiro atoms. The summed E-state index contributed by atoms with van der Waals surface area (Å²) in [6.45, 7) is 2.30. The van der Waals surface area contributed by atoms with Crippen molar-refractivity contribution in [3.63, 3.8) is 0 Å². The number of anilines is 1. The number of aliphatic hydroxyl groups excluding tert-OH is 1. The molecule has 4 nitrogen and oxygen atoms in total. The number of hydrogen-bond acceptors (Lipinski definition) is 3. The molecule has 0 aliphatic carbocycles. The van der Waals surface area contributed by atoms with Gasteiger partial charge in [-0.1, -0.05) is 12.1 Å². The molecule has 0 saturated heterocycles. The number of fused-ring (bicyclic) bond motifs is 1. The molecule has 0 fully saturated rings. The fourth-order valence-electron chi connectivity index (χ4n) is 2.22. The Morgan fingerprint density at radius 1 is 1.56 bits per heavy atom. The van der Waals surface area contributed by atoms with Gasteiger partial charge >= 0.3 is 0 Å². The van der Waals surface area contributed by atoms with Crippen molar-refractivity contribution in [1.29, 1.82) is 5.26 Å². The number of unbranched alkanes of at least 4 members (excludes halogenated alkanes) is 1. The van der Waals surface area contributed by atoms with Gasteiger partial charge in [0.1, 0.15) is 0 Å². The number of aliphatic hydroxyl groups is 1. The van der Waals surface area contributed by atoms with Crippen LogP contribution in [0, 0.1) is 11.3 Å². The molecule has 1 aromatic carbocycles. The Balaban J connectivity index is 2.19. The Bertz CT molecular complexity index is 503. The lowest BCUT2D eigenvalue weighted by Crippen LogP contribution is -2.27. The zero-order valence-corrected chi connectivity index (χ0v) is 10.4. The van der Waals surface area contributed by atoms with Crippen LogP contribution in [0.3, 0.4) is 0 Å². The van der Waals surface area contributed by atoms with Gasteiger partial charge in [-0.05, 0) is 30.5 Å². The van der Waals surface area contributed by atoms with E-state index in [-0.39, 0.29) is 5.91 Å². The minimum absolute atomic E-state index is 0.0747. The molecule has 0 radical (unpaired) electrons. The van der Waals surface area contributed by atoms with Gasteiger partial charge in [-0.15, -0.1) is 0 Å². The smallest absolute Gasteiger partial charge is 0.231 e. The predicted octanol–water partition coefficient (Wildman–Crippen LogP) is 1.93. The molecule has 0 bridgehead atoms. The van der Waals surface area contributed by atoms with E-state index in [9.17, 15) is 9.90 Å². The maximum atomic E-state index is 11.9. The summed E-state index contributed by atoms with van der Waals surface area (Å²) in [4.78, 5) is 13.6. The van der Waals surface area contributed by atoms with Gasteiger partial charge in [-0.3, -0.25) is 4.79 Å². The summed E-state index contributed by atoms with van der Waals surface area (Å²) in [5.74, 6) is 0.0747. The van der Waals surface area contributed by atoms with Crippen LogP contribution in [0.25, 0.3) is 0 Å². The van der Waals surface area contributed by atoms with Crippen molar-refractivity contribution in [2.45, 2.75) is 32.3 Å². The number of benzene rings is 1. The zero-order chi connectivity index (χ0) is 13.1. The first-order valence-electron chi connectivity index (χ1n) is 6.11. The molecule has 1 amide bonds. The zero-order valence-electron chi connectivity index (χ0n) is 10.4. The van der Waals surface area contributed by atoms with Crippen molar-refractivity contribution in [2.24, 2.45) is 0 Å². The van der Waals surface area contributed by atoms with E-state index in [0.717, 1.165) is 16.8 Å². The molecular formula is C14H16N2O2. The Hall–Kier alpha value is -1.86. The van der Waals surface area contributed by atoms with E-state index < -0.39 is 6.10 Å². The maximum Gasteiger partial charge on any atom is 0.231 e. The third-order valence-corrected chi connectivity index (χ3v) is 3.19. The normalized spacial score (nSPS) is 15.4. The number of rotatable bonds is 4. The lowest BCUT2D eigenvalue weighted by molar-refractivity contribution is -0.117. The van der Waals surface area contributed by atoms with Gasteiger partial charge < -0.3 is 10.0 Å². The molecule has 0 aromatic heterocycles. The standard InChI is InChI=1S/C14H16N2O2/c1-10(17)11-4-5-13-12(8-11)9-14(18)16(13)7-3-2-6-15/h4-5,8,10,17H,2-3,7,9H2,1H3. The first-order chi connectivity index (χ1) is 8.63. The van der Waals surface area contributed by atoms with Crippen LogP contribution >= 0.6 is 0 Å². The number of carbonyl (C=O) groups excluding carboxylic acids is 1. The van der Waals surface area contributed by atoms with Crippen LogP contribution < -0.4 is 4.90 Å². The summed E-state index contributed by atoms with van der Waals surface area (Å²) < 4.78 is 0. The summed E-state index contributed by atoms with van der Waals surface area (Å²) in [5.41, 5.74) is 2.72. The Labute approximate surface area is 106 Å². The number of nitriles is 1. The highest BCUT2D eigenvalue weighted by Crippen LogP contribution is 2.31. The van der Waals surface area contributed by atoms with Gasteiger partial charge in [0.25, 0.3) is 0 Å². The molecule has 4 heteroatoms. The van der Waals surface area contributed by atoms with Gasteiger partial charge in [0.2, 0.25) is 5.91 Å². The quantitative estimate of drug-likeness (QED) is 0.823. The lowest BCUT2D eigenvalue weighted by Gasteiger charge is -2.17. The van der Waals surface area contributed by atoms with Crippen molar-refractivity contribution < 1.29 is 9.90 Å². The fraction of sp³-hybridized carbons (Fsp3) is 0.429. The Morgan fingerprint density at radius 3 is 3.00 bits per heavy atom. The van der Waals surface area contributed by atoms with Crippen LogP contribution in [0.4, 0.5) is 5.69 Å². The van der Waals surface area contributed by atoms with Gasteiger partial charge in [0.15, 0.2) is 0 Å². The second-order valence-electron chi connectivity index (χ2n) is 4.55. The van der Waals surface area contributed by atoms with E-state index in [0.29, 0.717) is 25.8 Å². The number of carbonyl (C=O) groups is 1. The molecule has 18 heavy (non-hydrogen) atoms. The molecule has 1 aliphatic heterocycles. The summed E-state index contributed by atoms with van der Waals surface area (Å²) in [5, 5.41) is 18.0. The van der Waals surface area contributed by atoms with Crippen molar-refractivity contribution in [3.8, 4) is 6.07 Å². The van der Waals surface area contributed by atoms with Crippen LogP contribution in [-0.4, -0.2) is 17.6 Å². The van der Waals surface area contributed by atoms with Gasteiger partial charge in [0.05, 0.1) is 18.6 Å². The highest BCUT2D eigenvalue weighted by Gasteiger charge is 2.27. The summed E-state index contributed by atoms with van der Waals surface area (Å²) >= 11 is 0. The van der Waals surface area contributed by atoms with Gasteiger partial charge in [-0.25, -0.2) is 0 Å². The van der Waals surface area contributed by atoms with Crippen LogP contribution in [0.5, 0.6) is 0 Å². The number of nitrogens with zero attached hydrogens (tertiary/aromatic N) is 2. The molecule has 2 rings (SSSR count). The van der Waals surface area contributed by atoms with Crippen LogP contribution in [0.2, 0.25) is 0 Å². The number of hydrogen-bond donors (Lipinski definition) is 1. The molecule has 1 heterocycles. The Kier molecular flexibility index (Phi) is 3.63. The highest BCUT2D eigenvalue weighted by molar-refractivity contribution is 6.01. The molecule has 0 saturated carbocycles. The fourth-order valence-corrected chi connectivity index (χ4v) is 2.22. The summed E-state index contributed by atoms with van der Waals surface area (Å²) in [6, 6.07) is 7.70. The minimum Gasteiger partial charge on any atom is -0.389 e. The monoisotopic (exact) mass is 244 g/mol. The van der Waals surface area contributed by atoms with E-state index >= 15 is 0 Å². The Morgan fingerprint density at radius 2 is 2.33 bits per heavy atom. The lowest BCUT2D eigenvalue weighted by atomic mass is 10.1. The highest BCUT2D eigenvalue weighted by atomic mass is 16.3. The van der Waals surface area contributed by atoms with Crippen molar-refractivity contribution in [1.82, 2.24) is 0 Å². The molecular weight excluding hydrogens is 228 g/mol. The van der Waals surface area contributed by atoms with Crippen LogP contribution in [0.15, 0.2) is 18.2 Å². The molecule has 1 N–H and O–H groups in total. The van der Waals surface area contributed by atoms with Gasteiger partial charge in [-0.2, -0.15) is 5.26 Å². The van der Waals surface area contributed by atoms with Crippen molar-refractivity contribution >= 4 is 11.6 Å². The molecule has 1 unspecified atom stereocenters. The maximum absolute atomic E-state index is 11.9. The van der Waals surface area contributed by atoms with Crippen LogP contribution in [-0.2, 0) is 11.2 Å². The number of amides is 1. The first-order valence-corrected chi connectivity index (χ1v) is 6.11. The second-order valence-corrected chi connectivity index (χ2v) is 4.55. The third-order valence-electron chi connectivity index (χ3n) is 3.19. The minimum atomic E-state index is -0.516. The summed E-state index contributed by atoms with van der Waals surface area (Å²) in [6.07, 6.45) is 1.03. The third kappa shape index (κ3) is 2.36. The molecule has 1 aliphatic rings. The van der Waals surface area contributed by atoms with E-state index in [2.05, 4.69) is 6.07 Å². The summed E-state index contributed by atoms with van der Waals surface area (Å²) in [7, 11) is 0. The topological polar surface area (TPSA) is 64.3 Å². The van der Waals surface area contributed by atoms with Crippen molar-refractivity contribution in [3.05, 3.63) is 29.3 Å². The molecule has 94 valence electrons.